The molecule has 5 nitrogen and oxygen atoms in total. The Morgan fingerprint density at radius 3 is 2.50 bits per heavy atom. The molecule has 1 saturated heterocycles. The van der Waals surface area contributed by atoms with Gasteiger partial charge in [0.15, 0.2) is 23.8 Å². The SMILES string of the molecule is CC(=O)/C=C\N(C(C)=S)[C@@H]1O[C@@](CO)(CF)C(O)[C@@H]1F. The summed E-state index contributed by atoms with van der Waals surface area (Å²) in [6.45, 7) is 0.644. The Labute approximate surface area is 120 Å². The topological polar surface area (TPSA) is 70.0 Å². The van der Waals surface area contributed by atoms with Gasteiger partial charge in [-0.05, 0) is 19.9 Å². The highest BCUT2D eigenvalue weighted by molar-refractivity contribution is 7.80. The molecule has 0 amide bonds. The second-order valence-corrected chi connectivity index (χ2v) is 5.20. The molecule has 0 aromatic rings. The number of thiocarbonyl (C=S) groups is 1. The van der Waals surface area contributed by atoms with Crippen LogP contribution in [-0.2, 0) is 9.53 Å². The number of carbonyl (C=O) groups is 1. The molecule has 0 bridgehead atoms. The van der Waals surface area contributed by atoms with Crippen molar-refractivity contribution in [3.05, 3.63) is 12.3 Å². The smallest absolute Gasteiger partial charge is 0.174 e. The zero-order chi connectivity index (χ0) is 15.5. The Bertz CT molecular complexity index is 414. The van der Waals surface area contributed by atoms with Crippen LogP contribution in [0.4, 0.5) is 8.78 Å². The van der Waals surface area contributed by atoms with Crippen molar-refractivity contribution in [3.63, 3.8) is 0 Å². The number of aliphatic hydroxyl groups is 2. The van der Waals surface area contributed by atoms with Crippen molar-refractivity contribution >= 4 is 23.0 Å². The molecule has 1 rings (SSSR count). The Hall–Kier alpha value is -0.960. The number of hydrogen-bond acceptors (Lipinski definition) is 5. The second kappa shape index (κ2) is 6.66. The first-order chi connectivity index (χ1) is 9.29. The zero-order valence-corrected chi connectivity index (χ0v) is 11.9. The number of ether oxygens (including phenoxy) is 1. The van der Waals surface area contributed by atoms with Crippen molar-refractivity contribution in [2.45, 2.75) is 38.0 Å². The largest absolute Gasteiger partial charge is 0.393 e. The average molecular weight is 309 g/mol. The quantitative estimate of drug-likeness (QED) is 0.569. The van der Waals surface area contributed by atoms with Crippen LogP contribution in [0.2, 0.25) is 0 Å². The lowest BCUT2D eigenvalue weighted by molar-refractivity contribution is -0.138. The van der Waals surface area contributed by atoms with Crippen LogP contribution in [0.5, 0.6) is 0 Å². The molecule has 8 heteroatoms. The Balaban J connectivity index is 3.04. The van der Waals surface area contributed by atoms with Crippen molar-refractivity contribution in [1.82, 2.24) is 4.90 Å². The molecule has 2 N–H and O–H groups in total. The van der Waals surface area contributed by atoms with E-state index in [4.69, 9.17) is 22.1 Å². The molecule has 0 aliphatic carbocycles. The summed E-state index contributed by atoms with van der Waals surface area (Å²) in [7, 11) is 0. The number of carbonyl (C=O) groups excluding carboxylic acids is 1. The normalized spacial score (nSPS) is 33.6. The first-order valence-corrected chi connectivity index (χ1v) is 6.34. The number of aliphatic hydroxyl groups excluding tert-OH is 2. The number of alkyl halides is 2. The van der Waals surface area contributed by atoms with Gasteiger partial charge in [-0.15, -0.1) is 0 Å². The van der Waals surface area contributed by atoms with Gasteiger partial charge in [0, 0.05) is 6.20 Å². The first kappa shape index (κ1) is 17.1. The molecule has 1 fully saturated rings. The van der Waals surface area contributed by atoms with Gasteiger partial charge in [-0.25, -0.2) is 8.78 Å². The second-order valence-electron chi connectivity index (χ2n) is 4.61. The summed E-state index contributed by atoms with van der Waals surface area (Å²) in [5, 5.41) is 18.9. The van der Waals surface area contributed by atoms with E-state index < -0.39 is 37.4 Å². The highest BCUT2D eigenvalue weighted by Gasteiger charge is 2.57. The van der Waals surface area contributed by atoms with Crippen LogP contribution in [0.25, 0.3) is 0 Å². The molecule has 1 aliphatic heterocycles. The minimum atomic E-state index is -2.02. The molecule has 20 heavy (non-hydrogen) atoms. The van der Waals surface area contributed by atoms with E-state index in [1.807, 2.05) is 0 Å². The first-order valence-electron chi connectivity index (χ1n) is 5.93. The van der Waals surface area contributed by atoms with Gasteiger partial charge < -0.3 is 19.8 Å². The fourth-order valence-corrected chi connectivity index (χ4v) is 2.03. The summed E-state index contributed by atoms with van der Waals surface area (Å²) in [4.78, 5) is 12.2. The third kappa shape index (κ3) is 3.20. The molecule has 1 aliphatic rings. The van der Waals surface area contributed by atoms with Crippen LogP contribution in [0.3, 0.4) is 0 Å². The Kier molecular flexibility index (Phi) is 5.69. The Morgan fingerprint density at radius 1 is 1.55 bits per heavy atom. The summed E-state index contributed by atoms with van der Waals surface area (Å²) in [5.74, 6) is -0.292. The van der Waals surface area contributed by atoms with E-state index in [2.05, 4.69) is 0 Å². The summed E-state index contributed by atoms with van der Waals surface area (Å²) in [6.07, 6.45) is -2.86. The van der Waals surface area contributed by atoms with Crippen LogP contribution in [0.1, 0.15) is 13.8 Å². The Morgan fingerprint density at radius 2 is 2.15 bits per heavy atom. The summed E-state index contributed by atoms with van der Waals surface area (Å²) in [6, 6.07) is 0. The van der Waals surface area contributed by atoms with Gasteiger partial charge in [-0.3, -0.25) is 4.79 Å². The molecule has 0 aromatic heterocycles. The van der Waals surface area contributed by atoms with Crippen LogP contribution in [-0.4, -0.2) is 63.3 Å². The van der Waals surface area contributed by atoms with Gasteiger partial charge in [0.2, 0.25) is 0 Å². The molecule has 1 heterocycles. The van der Waals surface area contributed by atoms with Gasteiger partial charge in [-0.1, -0.05) is 12.2 Å². The summed E-state index contributed by atoms with van der Waals surface area (Å²) in [5.41, 5.74) is -2.02. The third-order valence-electron chi connectivity index (χ3n) is 3.07. The van der Waals surface area contributed by atoms with E-state index in [9.17, 15) is 18.7 Å². The maximum atomic E-state index is 14.1. The highest BCUT2D eigenvalue weighted by Crippen LogP contribution is 2.35. The van der Waals surface area contributed by atoms with Gasteiger partial charge in [0.25, 0.3) is 0 Å². The van der Waals surface area contributed by atoms with Crippen molar-refractivity contribution in [2.24, 2.45) is 0 Å². The fourth-order valence-electron chi connectivity index (χ4n) is 1.87. The van der Waals surface area contributed by atoms with E-state index in [1.54, 1.807) is 0 Å². The molecular weight excluding hydrogens is 292 g/mol. The highest BCUT2D eigenvalue weighted by atomic mass is 32.1. The molecule has 4 atom stereocenters. The summed E-state index contributed by atoms with van der Waals surface area (Å²) < 4.78 is 32.3. The van der Waals surface area contributed by atoms with E-state index >= 15 is 0 Å². The van der Waals surface area contributed by atoms with Gasteiger partial charge >= 0.3 is 0 Å². The number of ketones is 1. The predicted molar refractivity (Wildman–Crippen MR) is 71.5 cm³/mol. The molecule has 114 valence electrons. The van der Waals surface area contributed by atoms with E-state index in [0.717, 1.165) is 11.0 Å². The predicted octanol–water partition coefficient (Wildman–Crippen LogP) is 0.494. The van der Waals surface area contributed by atoms with Crippen LogP contribution >= 0.6 is 12.2 Å². The number of halogens is 2. The maximum Gasteiger partial charge on any atom is 0.174 e. The van der Waals surface area contributed by atoms with Crippen molar-refractivity contribution in [2.75, 3.05) is 13.3 Å². The standard InChI is InChI=1S/C12H17F2NO4S/c1-7(17)3-4-15(8(2)20)11-9(14)10(18)12(5-13,6-16)19-11/h3-4,9-11,16,18H,5-6H2,1-2H3/b4-3-/t9-,10?,11+,12+/m0/s1. The fraction of sp³-hybridized carbons (Fsp3) is 0.667. The van der Waals surface area contributed by atoms with Gasteiger partial charge in [-0.2, -0.15) is 0 Å². The third-order valence-corrected chi connectivity index (χ3v) is 3.28. The van der Waals surface area contributed by atoms with E-state index in [0.29, 0.717) is 0 Å². The van der Waals surface area contributed by atoms with Crippen molar-refractivity contribution in [1.29, 1.82) is 0 Å². The van der Waals surface area contributed by atoms with Gasteiger partial charge in [0.1, 0.15) is 12.8 Å². The number of nitrogens with zero attached hydrogens (tertiary/aromatic N) is 1. The lowest BCUT2D eigenvalue weighted by Crippen LogP contribution is -2.47. The van der Waals surface area contributed by atoms with Crippen LogP contribution in [0.15, 0.2) is 12.3 Å². The van der Waals surface area contributed by atoms with Crippen LogP contribution < -0.4 is 0 Å². The van der Waals surface area contributed by atoms with Crippen molar-refractivity contribution in [3.8, 4) is 0 Å². The van der Waals surface area contributed by atoms with Crippen molar-refractivity contribution < 1.29 is 28.5 Å². The number of rotatable bonds is 5. The molecule has 0 saturated carbocycles. The number of hydrogen-bond donors (Lipinski definition) is 2. The molecule has 1 unspecified atom stereocenters. The minimum Gasteiger partial charge on any atom is -0.393 e. The monoisotopic (exact) mass is 309 g/mol. The minimum absolute atomic E-state index is 0.176. The zero-order valence-electron chi connectivity index (χ0n) is 11.1. The van der Waals surface area contributed by atoms with Gasteiger partial charge in [0.05, 0.1) is 11.6 Å². The van der Waals surface area contributed by atoms with E-state index in [1.165, 1.54) is 20.0 Å². The molecule has 0 spiro atoms. The summed E-state index contributed by atoms with van der Waals surface area (Å²) >= 11 is 4.92. The lowest BCUT2D eigenvalue weighted by Gasteiger charge is -2.29. The lowest BCUT2D eigenvalue weighted by atomic mass is 9.98. The molecule has 0 radical (unpaired) electrons. The van der Waals surface area contributed by atoms with Crippen LogP contribution in [0, 0.1) is 0 Å². The molecular formula is C12H17F2NO4S. The van der Waals surface area contributed by atoms with E-state index in [-0.39, 0.29) is 10.8 Å². The number of allylic oxidation sites excluding steroid dienone is 1. The maximum absolute atomic E-state index is 14.1. The average Bonchev–Trinajstić information content (AvgIpc) is 2.64. The molecule has 0 aromatic carbocycles.